The molecule has 35 heavy (non-hydrogen) atoms. The van der Waals surface area contributed by atoms with E-state index in [0.29, 0.717) is 23.7 Å². The molecule has 0 aromatic heterocycles. The summed E-state index contributed by atoms with van der Waals surface area (Å²) in [6.07, 6.45) is 0.483. The number of ether oxygens (including phenoxy) is 6. The normalized spacial score (nSPS) is 12.1. The quantitative estimate of drug-likeness (QED) is 0.332. The van der Waals surface area contributed by atoms with Gasteiger partial charge in [0.2, 0.25) is 12.5 Å². The lowest BCUT2D eigenvalue weighted by molar-refractivity contribution is -0.165. The van der Waals surface area contributed by atoms with E-state index < -0.39 is 30.2 Å². The van der Waals surface area contributed by atoms with Crippen LogP contribution in [0.2, 0.25) is 0 Å². The summed E-state index contributed by atoms with van der Waals surface area (Å²) in [7, 11) is 4.37. The van der Waals surface area contributed by atoms with E-state index in [1.165, 1.54) is 40.4 Å². The van der Waals surface area contributed by atoms with Crippen molar-refractivity contribution >= 4 is 17.9 Å². The summed E-state index contributed by atoms with van der Waals surface area (Å²) in [5.74, 6) is -0.813. The Morgan fingerprint density at radius 2 is 1.51 bits per heavy atom. The average Bonchev–Trinajstić information content (AvgIpc) is 2.88. The van der Waals surface area contributed by atoms with E-state index in [1.54, 1.807) is 0 Å². The van der Waals surface area contributed by atoms with E-state index in [-0.39, 0.29) is 18.7 Å². The van der Waals surface area contributed by atoms with Crippen LogP contribution >= 0.6 is 0 Å². The van der Waals surface area contributed by atoms with Crippen LogP contribution in [-0.4, -0.2) is 59.2 Å². The Labute approximate surface area is 204 Å². The molecule has 0 amide bonds. The van der Waals surface area contributed by atoms with Crippen molar-refractivity contribution in [1.29, 1.82) is 0 Å². The average molecular weight is 490 g/mol. The summed E-state index contributed by atoms with van der Waals surface area (Å²) in [5.41, 5.74) is 0.129. The first-order chi connectivity index (χ1) is 16.8. The highest BCUT2D eigenvalue weighted by molar-refractivity contribution is 5.91. The van der Waals surface area contributed by atoms with Crippen molar-refractivity contribution in [2.75, 3.05) is 41.3 Å². The number of benzene rings is 2. The van der Waals surface area contributed by atoms with Crippen LogP contribution in [0.3, 0.4) is 0 Å². The Hall–Kier alpha value is -3.79. The maximum Gasteiger partial charge on any atom is 0.338 e. The van der Waals surface area contributed by atoms with Gasteiger partial charge >= 0.3 is 17.9 Å². The molecule has 2 rings (SSSR count). The molecule has 0 heterocycles. The third-order valence-corrected chi connectivity index (χ3v) is 5.33. The molecule has 2 aromatic rings. The molecular weight excluding hydrogens is 458 g/mol. The van der Waals surface area contributed by atoms with Gasteiger partial charge in [-0.2, -0.15) is 0 Å². The molecule has 0 fully saturated rings. The van der Waals surface area contributed by atoms with Crippen LogP contribution in [0.25, 0.3) is 0 Å². The predicted octanol–water partition coefficient (Wildman–Crippen LogP) is 2.83. The van der Waals surface area contributed by atoms with Gasteiger partial charge < -0.3 is 28.4 Å². The summed E-state index contributed by atoms with van der Waals surface area (Å²) in [5, 5.41) is 3.15. The number of carbonyl (C=O) groups is 3. The van der Waals surface area contributed by atoms with Gasteiger partial charge in [0.1, 0.15) is 6.61 Å². The monoisotopic (exact) mass is 489 g/mol. The molecule has 0 aliphatic carbocycles. The molecule has 190 valence electrons. The van der Waals surface area contributed by atoms with E-state index >= 15 is 0 Å². The number of nitrogens with one attached hydrogen (secondary N) is 1. The Balaban J connectivity index is 2.22. The summed E-state index contributed by atoms with van der Waals surface area (Å²) in [6.45, 7) is 2.35. The zero-order valence-corrected chi connectivity index (χ0v) is 20.5. The number of carbonyl (C=O) groups excluding carboxylic acids is 3. The van der Waals surface area contributed by atoms with Crippen LogP contribution in [-0.2, 0) is 29.3 Å². The van der Waals surface area contributed by atoms with Crippen LogP contribution in [0.15, 0.2) is 42.5 Å². The zero-order valence-electron chi connectivity index (χ0n) is 20.5. The lowest BCUT2D eigenvalue weighted by Crippen LogP contribution is -2.48. The van der Waals surface area contributed by atoms with Gasteiger partial charge in [0.05, 0.1) is 39.0 Å². The SMILES string of the molecule is CC[C@@](COC(=O)c1cc(OC)c(OC)c(OC)c1)(NCC(=O)OCOC(C)=O)c1ccccc1. The molecule has 0 bridgehead atoms. The standard InChI is InChI=1S/C25H31NO9/c1-6-25(19-10-8-7-9-11-19,26-14-22(28)35-16-34-17(2)27)15-33-24(29)18-12-20(30-3)23(32-5)21(13-18)31-4/h7-13,26H,6,14-16H2,1-5H3/t25-/m0/s1. The minimum absolute atomic E-state index is 0.0831. The molecule has 0 radical (unpaired) electrons. The molecule has 2 aromatic carbocycles. The molecule has 1 atom stereocenters. The maximum absolute atomic E-state index is 13.0. The summed E-state index contributed by atoms with van der Waals surface area (Å²) in [6, 6.07) is 12.3. The Kier molecular flexibility index (Phi) is 10.3. The van der Waals surface area contributed by atoms with Gasteiger partial charge in [-0.15, -0.1) is 0 Å². The highest BCUT2D eigenvalue weighted by Gasteiger charge is 2.33. The van der Waals surface area contributed by atoms with Gasteiger partial charge in [-0.3, -0.25) is 14.9 Å². The van der Waals surface area contributed by atoms with E-state index in [9.17, 15) is 14.4 Å². The number of rotatable bonds is 13. The fourth-order valence-corrected chi connectivity index (χ4v) is 3.37. The molecule has 10 heteroatoms. The molecule has 1 N–H and O–H groups in total. The molecule has 0 unspecified atom stereocenters. The topological polar surface area (TPSA) is 119 Å². The van der Waals surface area contributed by atoms with Crippen molar-refractivity contribution in [3.63, 3.8) is 0 Å². The molecule has 0 aliphatic rings. The fourth-order valence-electron chi connectivity index (χ4n) is 3.37. The molecule has 0 saturated carbocycles. The van der Waals surface area contributed by atoms with E-state index in [2.05, 4.69) is 10.1 Å². The van der Waals surface area contributed by atoms with E-state index in [0.717, 1.165) is 5.56 Å². The van der Waals surface area contributed by atoms with Crippen molar-refractivity contribution in [3.8, 4) is 17.2 Å². The number of methoxy groups -OCH3 is 3. The van der Waals surface area contributed by atoms with Crippen molar-refractivity contribution < 1.29 is 42.8 Å². The van der Waals surface area contributed by atoms with Gasteiger partial charge in [0.15, 0.2) is 11.5 Å². The smallest absolute Gasteiger partial charge is 0.338 e. The van der Waals surface area contributed by atoms with Crippen molar-refractivity contribution in [2.45, 2.75) is 25.8 Å². The highest BCUT2D eigenvalue weighted by Crippen LogP contribution is 2.38. The van der Waals surface area contributed by atoms with Crippen LogP contribution in [0.5, 0.6) is 17.2 Å². The first-order valence-electron chi connectivity index (χ1n) is 10.9. The van der Waals surface area contributed by atoms with Crippen LogP contribution in [0, 0.1) is 0 Å². The van der Waals surface area contributed by atoms with Gasteiger partial charge in [-0.05, 0) is 24.1 Å². The minimum Gasteiger partial charge on any atom is -0.493 e. The third-order valence-electron chi connectivity index (χ3n) is 5.33. The molecule has 0 aliphatic heterocycles. The van der Waals surface area contributed by atoms with Gasteiger partial charge in [-0.25, -0.2) is 4.79 Å². The highest BCUT2D eigenvalue weighted by atomic mass is 16.7. The van der Waals surface area contributed by atoms with Gasteiger partial charge in [-0.1, -0.05) is 37.3 Å². The third kappa shape index (κ3) is 7.35. The number of hydrogen-bond acceptors (Lipinski definition) is 10. The van der Waals surface area contributed by atoms with Crippen molar-refractivity contribution in [2.24, 2.45) is 0 Å². The largest absolute Gasteiger partial charge is 0.493 e. The maximum atomic E-state index is 13.0. The van der Waals surface area contributed by atoms with E-state index in [4.69, 9.17) is 23.7 Å². The molecular formula is C25H31NO9. The van der Waals surface area contributed by atoms with E-state index in [1.807, 2.05) is 37.3 Å². The Morgan fingerprint density at radius 3 is 2.03 bits per heavy atom. The van der Waals surface area contributed by atoms with Crippen LogP contribution < -0.4 is 19.5 Å². The first-order valence-corrected chi connectivity index (χ1v) is 10.9. The second kappa shape index (κ2) is 13.2. The second-order valence-electron chi connectivity index (χ2n) is 7.42. The summed E-state index contributed by atoms with van der Waals surface area (Å²) < 4.78 is 31.1. The summed E-state index contributed by atoms with van der Waals surface area (Å²) in [4.78, 5) is 36.0. The number of hydrogen-bond donors (Lipinski definition) is 1. The van der Waals surface area contributed by atoms with Gasteiger partial charge in [0.25, 0.3) is 0 Å². The van der Waals surface area contributed by atoms with Crippen LogP contribution in [0.4, 0.5) is 0 Å². The predicted molar refractivity (Wildman–Crippen MR) is 126 cm³/mol. The van der Waals surface area contributed by atoms with Crippen molar-refractivity contribution in [3.05, 3.63) is 53.6 Å². The molecule has 10 nitrogen and oxygen atoms in total. The number of esters is 3. The summed E-state index contributed by atoms with van der Waals surface area (Å²) >= 11 is 0. The molecule has 0 spiro atoms. The fraction of sp³-hybridized carbons (Fsp3) is 0.400. The lowest BCUT2D eigenvalue weighted by Gasteiger charge is -2.34. The van der Waals surface area contributed by atoms with Crippen molar-refractivity contribution in [1.82, 2.24) is 5.32 Å². The second-order valence-corrected chi connectivity index (χ2v) is 7.42. The zero-order chi connectivity index (χ0) is 25.8. The Bertz CT molecular complexity index is 984. The minimum atomic E-state index is -0.891. The lowest BCUT2D eigenvalue weighted by atomic mass is 9.88. The van der Waals surface area contributed by atoms with Crippen LogP contribution in [0.1, 0.15) is 36.2 Å². The van der Waals surface area contributed by atoms with Gasteiger partial charge in [0, 0.05) is 6.92 Å². The molecule has 0 saturated heterocycles. The first kappa shape index (κ1) is 27.5. The Morgan fingerprint density at radius 1 is 0.886 bits per heavy atom.